The number of carbonyl (C=O) groups is 1. The molecule has 0 saturated carbocycles. The summed E-state index contributed by atoms with van der Waals surface area (Å²) >= 11 is 0. The van der Waals surface area contributed by atoms with Crippen LogP contribution >= 0.6 is 0 Å². The Kier molecular flexibility index (Phi) is 8.59. The van der Waals surface area contributed by atoms with E-state index in [9.17, 15) is 4.79 Å². The number of para-hydroxylation sites is 1. The van der Waals surface area contributed by atoms with Gasteiger partial charge in [0, 0.05) is 44.4 Å². The summed E-state index contributed by atoms with van der Waals surface area (Å²) in [4.78, 5) is 17.9. The van der Waals surface area contributed by atoms with Gasteiger partial charge in [0.15, 0.2) is 0 Å². The zero-order valence-electron chi connectivity index (χ0n) is 20.3. The molecule has 7 heteroatoms. The molecule has 3 aromatic rings. The van der Waals surface area contributed by atoms with Crippen molar-refractivity contribution in [3.8, 4) is 23.0 Å². The Labute approximate surface area is 206 Å². The van der Waals surface area contributed by atoms with Gasteiger partial charge in [-0.25, -0.2) is 0 Å². The maximum absolute atomic E-state index is 13.7. The van der Waals surface area contributed by atoms with E-state index in [4.69, 9.17) is 18.9 Å². The van der Waals surface area contributed by atoms with Gasteiger partial charge < -0.3 is 23.8 Å². The van der Waals surface area contributed by atoms with Crippen LogP contribution in [0.4, 0.5) is 0 Å². The molecule has 184 valence electrons. The molecule has 1 amide bonds. The maximum Gasteiger partial charge on any atom is 0.254 e. The van der Waals surface area contributed by atoms with E-state index in [0.29, 0.717) is 30.2 Å². The number of benzene rings is 3. The second kappa shape index (κ2) is 12.2. The molecule has 1 heterocycles. The molecule has 0 aliphatic carbocycles. The van der Waals surface area contributed by atoms with Gasteiger partial charge in [0.05, 0.1) is 27.4 Å². The third kappa shape index (κ3) is 6.97. The number of rotatable bonds is 10. The Balaban J connectivity index is 1.54. The molecule has 0 atom stereocenters. The summed E-state index contributed by atoms with van der Waals surface area (Å²) in [6.07, 6.45) is 0. The quantitative estimate of drug-likeness (QED) is 0.430. The van der Waals surface area contributed by atoms with Crippen LogP contribution in [0.3, 0.4) is 0 Å². The third-order valence-corrected chi connectivity index (χ3v) is 5.93. The Morgan fingerprint density at radius 2 is 1.54 bits per heavy atom. The van der Waals surface area contributed by atoms with Crippen LogP contribution in [-0.2, 0) is 11.3 Å². The number of amides is 1. The molecule has 0 unspecified atom stereocenters. The molecule has 1 aliphatic rings. The van der Waals surface area contributed by atoms with Crippen molar-refractivity contribution in [2.75, 3.05) is 53.6 Å². The summed E-state index contributed by atoms with van der Waals surface area (Å²) in [7, 11) is 3.16. The lowest BCUT2D eigenvalue weighted by Gasteiger charge is -2.30. The molecule has 4 rings (SSSR count). The van der Waals surface area contributed by atoms with Crippen molar-refractivity contribution in [2.45, 2.75) is 6.54 Å². The minimum Gasteiger partial charge on any atom is -0.497 e. The standard InChI is InChI=1S/C28H32N2O5/c1-32-26-18-23(19-27(20-26)33-2)28(31)30(12-11-29-13-15-34-16-14-29)21-22-7-6-10-25(17-22)35-24-8-4-3-5-9-24/h3-10,17-20H,11-16,21H2,1-2H3. The van der Waals surface area contributed by atoms with Crippen LogP contribution < -0.4 is 14.2 Å². The monoisotopic (exact) mass is 476 g/mol. The van der Waals surface area contributed by atoms with Gasteiger partial charge in [-0.1, -0.05) is 30.3 Å². The number of hydrogen-bond acceptors (Lipinski definition) is 6. The van der Waals surface area contributed by atoms with Crippen LogP contribution in [0.25, 0.3) is 0 Å². The molecular formula is C28H32N2O5. The van der Waals surface area contributed by atoms with E-state index in [0.717, 1.165) is 49.9 Å². The smallest absolute Gasteiger partial charge is 0.254 e. The van der Waals surface area contributed by atoms with Gasteiger partial charge in [0.1, 0.15) is 23.0 Å². The van der Waals surface area contributed by atoms with Crippen molar-refractivity contribution in [3.05, 3.63) is 83.9 Å². The topological polar surface area (TPSA) is 60.5 Å². The molecular weight excluding hydrogens is 444 g/mol. The van der Waals surface area contributed by atoms with Gasteiger partial charge in [-0.3, -0.25) is 9.69 Å². The predicted octanol–water partition coefficient (Wildman–Crippen LogP) is 4.47. The average Bonchev–Trinajstić information content (AvgIpc) is 2.91. The van der Waals surface area contributed by atoms with Crippen LogP contribution in [0.15, 0.2) is 72.8 Å². The average molecular weight is 477 g/mol. The summed E-state index contributed by atoms with van der Waals surface area (Å²) in [6, 6.07) is 22.8. The van der Waals surface area contributed by atoms with E-state index < -0.39 is 0 Å². The number of hydrogen-bond donors (Lipinski definition) is 0. The Morgan fingerprint density at radius 3 is 2.23 bits per heavy atom. The first-order chi connectivity index (χ1) is 17.1. The summed E-state index contributed by atoms with van der Waals surface area (Å²) < 4.78 is 22.2. The summed E-state index contributed by atoms with van der Waals surface area (Å²) in [5, 5.41) is 0. The fourth-order valence-electron chi connectivity index (χ4n) is 4.01. The highest BCUT2D eigenvalue weighted by atomic mass is 16.5. The van der Waals surface area contributed by atoms with Crippen LogP contribution in [0.1, 0.15) is 15.9 Å². The molecule has 1 aliphatic heterocycles. The molecule has 1 saturated heterocycles. The van der Waals surface area contributed by atoms with Crippen molar-refractivity contribution >= 4 is 5.91 Å². The molecule has 0 bridgehead atoms. The van der Waals surface area contributed by atoms with E-state index in [2.05, 4.69) is 4.90 Å². The first-order valence-corrected chi connectivity index (χ1v) is 11.8. The molecule has 0 spiro atoms. The van der Waals surface area contributed by atoms with Gasteiger partial charge in [-0.15, -0.1) is 0 Å². The molecule has 35 heavy (non-hydrogen) atoms. The first kappa shape index (κ1) is 24.6. The predicted molar refractivity (Wildman–Crippen MR) is 135 cm³/mol. The van der Waals surface area contributed by atoms with E-state index >= 15 is 0 Å². The molecule has 0 radical (unpaired) electrons. The minimum atomic E-state index is -0.0789. The highest BCUT2D eigenvalue weighted by Crippen LogP contribution is 2.25. The molecule has 1 fully saturated rings. The fraction of sp³-hybridized carbons (Fsp3) is 0.321. The largest absolute Gasteiger partial charge is 0.497 e. The second-order valence-corrected chi connectivity index (χ2v) is 8.34. The van der Waals surface area contributed by atoms with Crippen LogP contribution in [0.2, 0.25) is 0 Å². The zero-order valence-corrected chi connectivity index (χ0v) is 20.3. The van der Waals surface area contributed by atoms with Crippen molar-refractivity contribution in [3.63, 3.8) is 0 Å². The van der Waals surface area contributed by atoms with E-state index in [-0.39, 0.29) is 5.91 Å². The van der Waals surface area contributed by atoms with Crippen molar-refractivity contribution in [1.29, 1.82) is 0 Å². The number of nitrogens with zero attached hydrogens (tertiary/aromatic N) is 2. The summed E-state index contributed by atoms with van der Waals surface area (Å²) in [6.45, 7) is 5.00. The third-order valence-electron chi connectivity index (χ3n) is 5.93. The fourth-order valence-corrected chi connectivity index (χ4v) is 4.01. The van der Waals surface area contributed by atoms with E-state index in [1.165, 1.54) is 0 Å². The van der Waals surface area contributed by atoms with E-state index in [1.807, 2.05) is 59.5 Å². The lowest BCUT2D eigenvalue weighted by molar-refractivity contribution is 0.0320. The SMILES string of the molecule is COc1cc(OC)cc(C(=O)N(CCN2CCOCC2)Cc2cccc(Oc3ccccc3)c2)c1. The molecule has 0 aromatic heterocycles. The van der Waals surface area contributed by atoms with Crippen molar-refractivity contribution in [1.82, 2.24) is 9.80 Å². The highest BCUT2D eigenvalue weighted by Gasteiger charge is 2.20. The van der Waals surface area contributed by atoms with E-state index in [1.54, 1.807) is 32.4 Å². The lowest BCUT2D eigenvalue weighted by atomic mass is 10.1. The molecule has 0 N–H and O–H groups in total. The van der Waals surface area contributed by atoms with Crippen LogP contribution in [0.5, 0.6) is 23.0 Å². The summed E-state index contributed by atoms with van der Waals surface area (Å²) in [5.74, 6) is 2.59. The van der Waals surface area contributed by atoms with Crippen LogP contribution in [0, 0.1) is 0 Å². The Hall–Kier alpha value is -3.55. The van der Waals surface area contributed by atoms with Crippen molar-refractivity contribution < 1.29 is 23.7 Å². The Bertz CT molecular complexity index is 1080. The van der Waals surface area contributed by atoms with Crippen LogP contribution in [-0.4, -0.2) is 69.3 Å². The minimum absolute atomic E-state index is 0.0789. The zero-order chi connectivity index (χ0) is 24.5. The van der Waals surface area contributed by atoms with Gasteiger partial charge in [0.25, 0.3) is 5.91 Å². The number of morpholine rings is 1. The number of methoxy groups -OCH3 is 2. The Morgan fingerprint density at radius 1 is 0.857 bits per heavy atom. The number of ether oxygens (including phenoxy) is 4. The van der Waals surface area contributed by atoms with Gasteiger partial charge in [0.2, 0.25) is 0 Å². The van der Waals surface area contributed by atoms with Crippen molar-refractivity contribution in [2.24, 2.45) is 0 Å². The lowest BCUT2D eigenvalue weighted by Crippen LogP contribution is -2.42. The molecule has 3 aromatic carbocycles. The van der Waals surface area contributed by atoms with Gasteiger partial charge in [-0.2, -0.15) is 0 Å². The second-order valence-electron chi connectivity index (χ2n) is 8.34. The maximum atomic E-state index is 13.7. The normalized spacial score (nSPS) is 13.8. The van der Waals surface area contributed by atoms with Gasteiger partial charge in [-0.05, 0) is 42.0 Å². The first-order valence-electron chi connectivity index (χ1n) is 11.8. The highest BCUT2D eigenvalue weighted by molar-refractivity contribution is 5.95. The number of carbonyl (C=O) groups excluding carboxylic acids is 1. The van der Waals surface area contributed by atoms with Gasteiger partial charge >= 0.3 is 0 Å². The summed E-state index contributed by atoms with van der Waals surface area (Å²) in [5.41, 5.74) is 1.52. The molecule has 7 nitrogen and oxygen atoms in total.